The van der Waals surface area contributed by atoms with Crippen molar-refractivity contribution in [2.24, 2.45) is 0 Å². The van der Waals surface area contributed by atoms with E-state index in [2.05, 4.69) is 22.6 Å². The highest BCUT2D eigenvalue weighted by Gasteiger charge is 2.60. The molecule has 2 aliphatic heterocycles. The van der Waals surface area contributed by atoms with Gasteiger partial charge in [0.05, 0.1) is 19.8 Å². The average molecular weight is 436 g/mol. The van der Waals surface area contributed by atoms with Crippen LogP contribution in [0.3, 0.4) is 0 Å². The third kappa shape index (κ3) is 3.22. The van der Waals surface area contributed by atoms with Gasteiger partial charge in [-0.1, -0.05) is 34.7 Å². The molecule has 1 N–H and O–H groups in total. The lowest BCUT2D eigenvalue weighted by Gasteiger charge is -2.40. The molecule has 0 radical (unpaired) electrons. The molecule has 1 aromatic rings. The summed E-state index contributed by atoms with van der Waals surface area (Å²) in [6, 6.07) is 7.49. The van der Waals surface area contributed by atoms with Crippen LogP contribution < -0.4 is 4.74 Å². The van der Waals surface area contributed by atoms with E-state index in [9.17, 15) is 5.11 Å². The fraction of sp³-hybridized carbons (Fsp3) is 0.625. The number of halogens is 1. The highest BCUT2D eigenvalue weighted by atomic mass is 127. The average Bonchev–Trinajstić information content (AvgIpc) is 2.87. The molecule has 6 nitrogen and oxygen atoms in total. The zero-order valence-corrected chi connectivity index (χ0v) is 15.3. The molecule has 7 heteroatoms. The Morgan fingerprint density at radius 3 is 2.65 bits per heavy atom. The van der Waals surface area contributed by atoms with Gasteiger partial charge in [-0.3, -0.25) is 0 Å². The number of aliphatic hydroxyl groups is 1. The Bertz CT molecular complexity index is 524. The molecule has 2 fully saturated rings. The van der Waals surface area contributed by atoms with Crippen LogP contribution in [0.2, 0.25) is 0 Å². The summed E-state index contributed by atoms with van der Waals surface area (Å²) in [5.74, 6) is 0.770. The van der Waals surface area contributed by atoms with Crippen molar-refractivity contribution in [1.29, 1.82) is 0 Å². The minimum atomic E-state index is -1.28. The molecule has 23 heavy (non-hydrogen) atoms. The lowest BCUT2D eigenvalue weighted by atomic mass is 9.95. The van der Waals surface area contributed by atoms with Gasteiger partial charge in [-0.15, -0.1) is 0 Å². The summed E-state index contributed by atoms with van der Waals surface area (Å²) in [5.41, 5.74) is -0.408. The standard InChI is InChI=1S/C16H21IO6/c1-3-20-15-16(18)9-21-14(23-13(16)12(8-17)22-15)10-4-6-11(19-2)7-5-10/h4-7,12-15,18H,3,8-9H2,1-2H3/t12-,13-,14+,15-,16+/m1/s1. The van der Waals surface area contributed by atoms with E-state index >= 15 is 0 Å². The van der Waals surface area contributed by atoms with E-state index in [0.717, 1.165) is 11.3 Å². The number of fused-ring (bicyclic) bond motifs is 1. The van der Waals surface area contributed by atoms with Crippen LogP contribution in [-0.4, -0.2) is 54.0 Å². The fourth-order valence-electron chi connectivity index (χ4n) is 2.93. The van der Waals surface area contributed by atoms with Gasteiger partial charge in [-0.05, 0) is 19.1 Å². The normalized spacial score (nSPS) is 36.7. The Labute approximate surface area is 149 Å². The van der Waals surface area contributed by atoms with E-state index in [1.54, 1.807) is 7.11 Å². The lowest BCUT2D eigenvalue weighted by molar-refractivity contribution is -0.306. The summed E-state index contributed by atoms with van der Waals surface area (Å²) in [6.07, 6.45) is -1.99. The first-order valence-corrected chi connectivity index (χ1v) is 9.11. The molecule has 0 aromatic heterocycles. The number of rotatable bonds is 5. The molecule has 3 rings (SSSR count). The Morgan fingerprint density at radius 2 is 2.04 bits per heavy atom. The van der Waals surface area contributed by atoms with E-state index < -0.39 is 24.3 Å². The second-order valence-electron chi connectivity index (χ2n) is 5.58. The Balaban J connectivity index is 1.78. The highest BCUT2D eigenvalue weighted by Crippen LogP contribution is 2.42. The van der Waals surface area contributed by atoms with Crippen molar-refractivity contribution >= 4 is 22.6 Å². The van der Waals surface area contributed by atoms with Crippen LogP contribution in [0.5, 0.6) is 5.75 Å². The summed E-state index contributed by atoms with van der Waals surface area (Å²) in [7, 11) is 1.62. The molecule has 2 saturated heterocycles. The Hall–Kier alpha value is -0.450. The molecule has 0 bridgehead atoms. The van der Waals surface area contributed by atoms with Gasteiger partial charge in [-0.25, -0.2) is 0 Å². The number of hydrogen-bond acceptors (Lipinski definition) is 6. The van der Waals surface area contributed by atoms with Gasteiger partial charge in [0, 0.05) is 16.6 Å². The van der Waals surface area contributed by atoms with Crippen LogP contribution in [-0.2, 0) is 18.9 Å². The number of ether oxygens (including phenoxy) is 5. The summed E-state index contributed by atoms with van der Waals surface area (Å²) >= 11 is 2.23. The first-order valence-electron chi connectivity index (χ1n) is 7.58. The van der Waals surface area contributed by atoms with Gasteiger partial charge in [0.2, 0.25) is 0 Å². The third-order valence-corrected chi connectivity index (χ3v) is 5.00. The molecular weight excluding hydrogens is 415 g/mol. The zero-order valence-electron chi connectivity index (χ0n) is 13.1. The van der Waals surface area contributed by atoms with E-state index in [1.807, 2.05) is 31.2 Å². The third-order valence-electron chi connectivity index (χ3n) is 4.13. The summed E-state index contributed by atoms with van der Waals surface area (Å²) in [5, 5.41) is 10.9. The largest absolute Gasteiger partial charge is 0.497 e. The first kappa shape index (κ1) is 17.4. The first-order chi connectivity index (χ1) is 11.1. The summed E-state index contributed by atoms with van der Waals surface area (Å²) in [4.78, 5) is 0. The maximum atomic E-state index is 10.9. The molecule has 0 aliphatic carbocycles. The lowest BCUT2D eigenvalue weighted by Crippen LogP contribution is -2.57. The van der Waals surface area contributed by atoms with Crippen LogP contribution in [0.15, 0.2) is 24.3 Å². The minimum absolute atomic E-state index is 0.103. The van der Waals surface area contributed by atoms with Crippen LogP contribution >= 0.6 is 22.6 Å². The molecule has 5 atom stereocenters. The number of alkyl halides is 1. The predicted octanol–water partition coefficient (Wildman–Crippen LogP) is 2.04. The topological polar surface area (TPSA) is 66.4 Å². The van der Waals surface area contributed by atoms with Gasteiger partial charge in [0.25, 0.3) is 0 Å². The SMILES string of the molecule is CCO[C@@H]1O[C@H](CI)[C@H]2O[C@@H](c3ccc(OC)cc3)OC[C@@]12O. The zero-order chi connectivity index (χ0) is 16.4. The van der Waals surface area contributed by atoms with Crippen molar-refractivity contribution in [2.45, 2.75) is 37.3 Å². The van der Waals surface area contributed by atoms with Gasteiger partial charge in [0.15, 0.2) is 18.2 Å². The predicted molar refractivity (Wildman–Crippen MR) is 90.7 cm³/mol. The molecule has 0 spiro atoms. The second-order valence-corrected chi connectivity index (χ2v) is 6.46. The molecule has 1 aromatic carbocycles. The maximum absolute atomic E-state index is 10.9. The van der Waals surface area contributed by atoms with Crippen LogP contribution in [0, 0.1) is 0 Å². The smallest absolute Gasteiger partial charge is 0.191 e. The molecule has 128 valence electrons. The molecule has 0 amide bonds. The quantitative estimate of drug-likeness (QED) is 0.563. The molecule has 2 heterocycles. The van der Waals surface area contributed by atoms with Crippen molar-refractivity contribution in [3.05, 3.63) is 29.8 Å². The van der Waals surface area contributed by atoms with Gasteiger partial charge in [0.1, 0.15) is 11.9 Å². The number of methoxy groups -OCH3 is 1. The minimum Gasteiger partial charge on any atom is -0.497 e. The molecule has 0 saturated carbocycles. The van der Waals surface area contributed by atoms with Crippen molar-refractivity contribution in [2.75, 3.05) is 24.8 Å². The van der Waals surface area contributed by atoms with Crippen molar-refractivity contribution in [3.8, 4) is 5.75 Å². The van der Waals surface area contributed by atoms with Gasteiger partial charge < -0.3 is 28.8 Å². The Morgan fingerprint density at radius 1 is 1.30 bits per heavy atom. The highest BCUT2D eigenvalue weighted by molar-refractivity contribution is 14.1. The van der Waals surface area contributed by atoms with Crippen molar-refractivity contribution < 1.29 is 28.8 Å². The van der Waals surface area contributed by atoms with E-state index in [1.165, 1.54) is 0 Å². The maximum Gasteiger partial charge on any atom is 0.191 e. The number of hydrogen-bond donors (Lipinski definition) is 1. The van der Waals surface area contributed by atoms with Crippen molar-refractivity contribution in [1.82, 2.24) is 0 Å². The number of benzene rings is 1. The summed E-state index contributed by atoms with van der Waals surface area (Å²) in [6.45, 7) is 2.42. The monoisotopic (exact) mass is 436 g/mol. The Kier molecular flexibility index (Phi) is 5.44. The fourth-order valence-corrected chi connectivity index (χ4v) is 3.60. The van der Waals surface area contributed by atoms with Crippen LogP contribution in [0.4, 0.5) is 0 Å². The van der Waals surface area contributed by atoms with Gasteiger partial charge >= 0.3 is 0 Å². The molecular formula is C16H21IO6. The van der Waals surface area contributed by atoms with E-state index in [4.69, 9.17) is 23.7 Å². The van der Waals surface area contributed by atoms with Crippen LogP contribution in [0.1, 0.15) is 18.8 Å². The molecule has 2 aliphatic rings. The van der Waals surface area contributed by atoms with Crippen LogP contribution in [0.25, 0.3) is 0 Å². The van der Waals surface area contributed by atoms with Gasteiger partial charge in [-0.2, -0.15) is 0 Å². The van der Waals surface area contributed by atoms with E-state index in [-0.39, 0.29) is 12.7 Å². The van der Waals surface area contributed by atoms with E-state index in [0.29, 0.717) is 11.0 Å². The second kappa shape index (κ2) is 7.20. The summed E-state index contributed by atoms with van der Waals surface area (Å²) < 4.78 is 29.0. The molecule has 0 unspecified atom stereocenters. The van der Waals surface area contributed by atoms with Crippen molar-refractivity contribution in [3.63, 3.8) is 0 Å².